The number of pyridine rings is 1. The van der Waals surface area contributed by atoms with Crippen molar-refractivity contribution in [2.24, 2.45) is 11.8 Å². The van der Waals surface area contributed by atoms with Crippen LogP contribution >= 0.6 is 0 Å². The van der Waals surface area contributed by atoms with Crippen molar-refractivity contribution in [1.29, 1.82) is 0 Å². The van der Waals surface area contributed by atoms with Crippen molar-refractivity contribution < 1.29 is 9.32 Å². The van der Waals surface area contributed by atoms with Crippen molar-refractivity contribution in [1.82, 2.24) is 25.1 Å². The number of benzene rings is 1. The summed E-state index contributed by atoms with van der Waals surface area (Å²) in [4.78, 5) is 35.4. The lowest BCUT2D eigenvalue weighted by Crippen LogP contribution is -2.46. The van der Waals surface area contributed by atoms with Crippen LogP contribution in [0.5, 0.6) is 0 Å². The van der Waals surface area contributed by atoms with Crippen LogP contribution in [0.1, 0.15) is 37.4 Å². The molecule has 0 amide bonds. The molecule has 0 bridgehead atoms. The molecule has 0 saturated heterocycles. The van der Waals surface area contributed by atoms with E-state index in [1.54, 1.807) is 13.1 Å². The summed E-state index contributed by atoms with van der Waals surface area (Å²) in [5.41, 5.74) is 3.60. The van der Waals surface area contributed by atoms with Gasteiger partial charge in [0.15, 0.2) is 17.4 Å². The summed E-state index contributed by atoms with van der Waals surface area (Å²) < 4.78 is 5.56. The topological polar surface area (TPSA) is 99.0 Å². The number of carbonyl (C=O) groups excluding carboxylic acids is 1. The number of Topliss-reactive ketones (excluding diaryl/α,β-unsaturated/α-hetero) is 1. The van der Waals surface area contributed by atoms with E-state index in [1.807, 2.05) is 43.3 Å². The highest BCUT2D eigenvalue weighted by Gasteiger charge is 2.49. The standard InChI is InChI=1S/C27H22N6O2/c1-14-19-10-9-18-22(26-30-15(2)33-35-26)31-25(17-11-12-29-20-8-6-5-7-16(17)20)32-24(18)27(19,3)13-21(28-4)23(14)34/h5-8,11-14,19H,9-10H2,1-3H3/t14-,19-,27-/m1/s1. The Morgan fingerprint density at radius 3 is 2.77 bits per heavy atom. The minimum Gasteiger partial charge on any atom is -0.332 e. The van der Waals surface area contributed by atoms with Gasteiger partial charge in [0, 0.05) is 34.0 Å². The number of nitrogens with zero attached hydrogens (tertiary/aromatic N) is 6. The molecule has 8 nitrogen and oxygen atoms in total. The van der Waals surface area contributed by atoms with Gasteiger partial charge in [0.1, 0.15) is 5.69 Å². The number of aromatic nitrogens is 5. The molecule has 0 fully saturated rings. The predicted octanol–water partition coefficient (Wildman–Crippen LogP) is 4.89. The van der Waals surface area contributed by atoms with Crippen LogP contribution < -0.4 is 0 Å². The number of para-hydroxylation sites is 1. The SMILES string of the molecule is [C-]#[N+]C1=C[C@@]2(C)c3nc(-c4ccnc5ccccc45)nc(-c4nc(C)no4)c3CC[C@@H]2[C@@H](C)C1=O. The number of hydrogen-bond donors (Lipinski definition) is 0. The molecule has 3 heterocycles. The molecule has 6 rings (SSSR count). The zero-order valence-corrected chi connectivity index (χ0v) is 19.6. The van der Waals surface area contributed by atoms with Gasteiger partial charge in [-0.1, -0.05) is 43.3 Å². The van der Waals surface area contributed by atoms with E-state index in [-0.39, 0.29) is 23.3 Å². The highest BCUT2D eigenvalue weighted by molar-refractivity contribution is 6.00. The fourth-order valence-corrected chi connectivity index (χ4v) is 5.73. The van der Waals surface area contributed by atoms with Crippen molar-refractivity contribution in [3.63, 3.8) is 0 Å². The van der Waals surface area contributed by atoms with Crippen LogP contribution in [0.15, 0.2) is 52.8 Å². The molecular weight excluding hydrogens is 440 g/mol. The maximum absolute atomic E-state index is 12.8. The summed E-state index contributed by atoms with van der Waals surface area (Å²) in [6, 6.07) is 9.77. The van der Waals surface area contributed by atoms with Gasteiger partial charge in [-0.15, -0.1) is 0 Å². The van der Waals surface area contributed by atoms with Crippen LogP contribution in [0.4, 0.5) is 0 Å². The van der Waals surface area contributed by atoms with E-state index in [0.717, 1.165) is 34.1 Å². The minimum atomic E-state index is -0.606. The van der Waals surface area contributed by atoms with Gasteiger partial charge in [-0.05, 0) is 37.8 Å². The average Bonchev–Trinajstić information content (AvgIpc) is 3.31. The number of allylic oxidation sites excluding steroid dienone is 2. The molecule has 35 heavy (non-hydrogen) atoms. The molecule has 3 atom stereocenters. The van der Waals surface area contributed by atoms with Gasteiger partial charge in [0.2, 0.25) is 5.70 Å². The lowest BCUT2D eigenvalue weighted by molar-refractivity contribution is -0.121. The molecule has 0 N–H and O–H groups in total. The van der Waals surface area contributed by atoms with Gasteiger partial charge in [-0.2, -0.15) is 4.98 Å². The molecule has 2 aliphatic rings. The van der Waals surface area contributed by atoms with Crippen molar-refractivity contribution in [3.8, 4) is 23.0 Å². The molecule has 0 unspecified atom stereocenters. The van der Waals surface area contributed by atoms with Crippen LogP contribution in [0.2, 0.25) is 0 Å². The Balaban J connectivity index is 1.68. The van der Waals surface area contributed by atoms with Gasteiger partial charge < -0.3 is 9.32 Å². The number of ketones is 1. The van der Waals surface area contributed by atoms with E-state index in [0.29, 0.717) is 29.7 Å². The second kappa shape index (κ2) is 7.64. The second-order valence-corrected chi connectivity index (χ2v) is 9.47. The molecule has 2 aliphatic carbocycles. The number of hydrogen-bond acceptors (Lipinski definition) is 7. The van der Waals surface area contributed by atoms with Gasteiger partial charge in [-0.25, -0.2) is 14.8 Å². The zero-order valence-electron chi connectivity index (χ0n) is 19.6. The number of rotatable bonds is 2. The quantitative estimate of drug-likeness (QED) is 0.391. The summed E-state index contributed by atoms with van der Waals surface area (Å²) in [6.07, 6.45) is 5.02. The third-order valence-electron chi connectivity index (χ3n) is 7.44. The number of fused-ring (bicyclic) bond motifs is 4. The molecule has 172 valence electrons. The first-order valence-corrected chi connectivity index (χ1v) is 11.6. The smallest absolute Gasteiger partial charge is 0.276 e. The molecule has 8 heteroatoms. The zero-order chi connectivity index (χ0) is 24.3. The van der Waals surface area contributed by atoms with Gasteiger partial charge >= 0.3 is 0 Å². The molecule has 0 radical (unpaired) electrons. The van der Waals surface area contributed by atoms with Crippen molar-refractivity contribution in [2.75, 3.05) is 0 Å². The molecule has 1 aromatic carbocycles. The predicted molar refractivity (Wildman–Crippen MR) is 129 cm³/mol. The van der Waals surface area contributed by atoms with Crippen molar-refractivity contribution in [2.45, 2.75) is 39.0 Å². The van der Waals surface area contributed by atoms with E-state index in [9.17, 15) is 4.79 Å². The van der Waals surface area contributed by atoms with Crippen LogP contribution in [-0.4, -0.2) is 30.9 Å². The summed E-state index contributed by atoms with van der Waals surface area (Å²) in [6.45, 7) is 13.4. The summed E-state index contributed by atoms with van der Waals surface area (Å²) in [5.74, 6) is 1.07. The van der Waals surface area contributed by atoms with Crippen molar-refractivity contribution in [3.05, 3.63) is 76.8 Å². The maximum atomic E-state index is 12.8. The Kier molecular flexibility index (Phi) is 4.65. The average molecular weight is 463 g/mol. The highest BCUT2D eigenvalue weighted by atomic mass is 16.5. The maximum Gasteiger partial charge on any atom is 0.276 e. The Morgan fingerprint density at radius 2 is 2.00 bits per heavy atom. The van der Waals surface area contributed by atoms with Crippen LogP contribution in [0, 0.1) is 25.3 Å². The van der Waals surface area contributed by atoms with Gasteiger partial charge in [0.25, 0.3) is 5.89 Å². The Labute approximate surface area is 202 Å². The highest BCUT2D eigenvalue weighted by Crippen LogP contribution is 2.51. The molecule has 3 aromatic heterocycles. The van der Waals surface area contributed by atoms with E-state index in [1.165, 1.54) is 0 Å². The van der Waals surface area contributed by atoms with E-state index < -0.39 is 5.41 Å². The van der Waals surface area contributed by atoms with E-state index in [2.05, 4.69) is 26.9 Å². The minimum absolute atomic E-state index is 0.0298. The molecular formula is C27H22N6O2. The Bertz CT molecular complexity index is 1590. The fourth-order valence-electron chi connectivity index (χ4n) is 5.73. The first kappa shape index (κ1) is 21.3. The molecule has 0 aliphatic heterocycles. The number of aryl methyl sites for hydroxylation is 1. The first-order valence-electron chi connectivity index (χ1n) is 11.6. The normalized spacial score (nSPS) is 23.4. The van der Waals surface area contributed by atoms with Crippen LogP contribution in [-0.2, 0) is 16.6 Å². The van der Waals surface area contributed by atoms with Gasteiger partial charge in [0.05, 0.1) is 17.8 Å². The molecule has 4 aromatic rings. The summed E-state index contributed by atoms with van der Waals surface area (Å²) >= 11 is 0. The third-order valence-corrected chi connectivity index (χ3v) is 7.44. The monoisotopic (exact) mass is 462 g/mol. The molecule has 0 saturated carbocycles. The molecule has 0 spiro atoms. The Hall–Kier alpha value is -4.25. The number of carbonyl (C=O) groups is 1. The largest absolute Gasteiger partial charge is 0.332 e. The summed E-state index contributed by atoms with van der Waals surface area (Å²) in [7, 11) is 0. The van der Waals surface area contributed by atoms with Crippen LogP contribution in [0.25, 0.3) is 38.7 Å². The lowest BCUT2D eigenvalue weighted by atomic mass is 9.58. The van der Waals surface area contributed by atoms with Crippen molar-refractivity contribution >= 4 is 16.7 Å². The fraction of sp³-hybridized carbons (Fsp3) is 0.296. The second-order valence-electron chi connectivity index (χ2n) is 9.47. The van der Waals surface area contributed by atoms with Gasteiger partial charge in [-0.3, -0.25) is 4.98 Å². The lowest BCUT2D eigenvalue weighted by Gasteiger charge is -2.45. The first-order chi connectivity index (χ1) is 16.9. The van der Waals surface area contributed by atoms with Crippen LogP contribution in [0.3, 0.4) is 0 Å². The van der Waals surface area contributed by atoms with E-state index in [4.69, 9.17) is 21.1 Å². The van der Waals surface area contributed by atoms with E-state index >= 15 is 0 Å². The third kappa shape index (κ3) is 3.12. The summed E-state index contributed by atoms with van der Waals surface area (Å²) in [5, 5.41) is 4.92. The Morgan fingerprint density at radius 1 is 1.17 bits per heavy atom.